The van der Waals surface area contributed by atoms with Crippen molar-refractivity contribution in [2.24, 2.45) is 0 Å². The summed E-state index contributed by atoms with van der Waals surface area (Å²) in [6, 6.07) is 18.0. The molecule has 0 amide bonds. The number of carbonyl (C=O) groups excluding carboxylic acids is 1. The monoisotopic (exact) mass is 249 g/mol. The Labute approximate surface area is 110 Å². The number of nitrogens with zero attached hydrogens (tertiary/aromatic N) is 1. The maximum atomic E-state index is 10.6. The minimum absolute atomic E-state index is 0.308. The number of benzene rings is 2. The maximum absolute atomic E-state index is 10.6. The van der Waals surface area contributed by atoms with Crippen LogP contribution in [0.2, 0.25) is 0 Å². The fourth-order valence-electron chi connectivity index (χ4n) is 1.91. The Morgan fingerprint density at radius 2 is 1.47 bits per heavy atom. The van der Waals surface area contributed by atoms with Crippen molar-refractivity contribution in [1.82, 2.24) is 4.98 Å². The zero-order valence-corrected chi connectivity index (χ0v) is 10.1. The second-order valence-corrected chi connectivity index (χ2v) is 4.14. The average molecular weight is 249 g/mol. The molecule has 3 heteroatoms. The maximum Gasteiger partial charge on any atom is 0.226 e. The fourth-order valence-corrected chi connectivity index (χ4v) is 1.91. The third-order valence-electron chi connectivity index (χ3n) is 2.88. The molecule has 0 bridgehead atoms. The van der Waals surface area contributed by atoms with E-state index in [0.29, 0.717) is 17.9 Å². The van der Waals surface area contributed by atoms with Crippen LogP contribution < -0.4 is 0 Å². The summed E-state index contributed by atoms with van der Waals surface area (Å²) in [5, 5.41) is 0. The highest BCUT2D eigenvalue weighted by molar-refractivity contribution is 5.73. The van der Waals surface area contributed by atoms with Gasteiger partial charge in [0.15, 0.2) is 6.29 Å². The Hall–Kier alpha value is -2.68. The second-order valence-electron chi connectivity index (χ2n) is 4.14. The number of hydrogen-bond acceptors (Lipinski definition) is 3. The van der Waals surface area contributed by atoms with Crippen LogP contribution >= 0.6 is 0 Å². The van der Waals surface area contributed by atoms with E-state index in [4.69, 9.17) is 4.42 Å². The molecule has 3 aromatic rings. The number of hydrogen-bond donors (Lipinski definition) is 0. The van der Waals surface area contributed by atoms with Crippen molar-refractivity contribution in [3.05, 3.63) is 66.6 Å². The van der Waals surface area contributed by atoms with Crippen molar-refractivity contribution in [1.29, 1.82) is 0 Å². The summed E-state index contributed by atoms with van der Waals surface area (Å²) >= 11 is 0. The van der Waals surface area contributed by atoms with Crippen LogP contribution in [0, 0.1) is 0 Å². The van der Waals surface area contributed by atoms with E-state index in [1.165, 1.54) is 6.26 Å². The average Bonchev–Trinajstić information content (AvgIpc) is 2.97. The lowest BCUT2D eigenvalue weighted by Crippen LogP contribution is -1.82. The Kier molecular flexibility index (Phi) is 2.94. The van der Waals surface area contributed by atoms with Crippen LogP contribution in [-0.2, 0) is 0 Å². The van der Waals surface area contributed by atoms with Crippen LogP contribution in [0.4, 0.5) is 0 Å². The lowest BCUT2D eigenvalue weighted by molar-refractivity contribution is 0.111. The predicted molar refractivity (Wildman–Crippen MR) is 72.8 cm³/mol. The minimum atomic E-state index is 0.308. The number of carbonyl (C=O) groups is 1. The third kappa shape index (κ3) is 2.31. The highest BCUT2D eigenvalue weighted by Crippen LogP contribution is 2.24. The van der Waals surface area contributed by atoms with Crippen LogP contribution in [0.3, 0.4) is 0 Å². The number of oxazole rings is 1. The van der Waals surface area contributed by atoms with Crippen LogP contribution in [0.15, 0.2) is 65.3 Å². The molecule has 1 aromatic heterocycles. The summed E-state index contributed by atoms with van der Waals surface area (Å²) in [7, 11) is 0. The van der Waals surface area contributed by atoms with E-state index >= 15 is 0 Å². The molecule has 0 fully saturated rings. The van der Waals surface area contributed by atoms with E-state index in [0.717, 1.165) is 16.7 Å². The van der Waals surface area contributed by atoms with Crippen LogP contribution in [0.1, 0.15) is 10.5 Å². The zero-order chi connectivity index (χ0) is 13.1. The first-order chi connectivity index (χ1) is 9.36. The van der Waals surface area contributed by atoms with Gasteiger partial charge in [-0.25, -0.2) is 4.98 Å². The van der Waals surface area contributed by atoms with Gasteiger partial charge in [-0.1, -0.05) is 42.5 Å². The summed E-state index contributed by atoms with van der Waals surface area (Å²) < 4.78 is 5.24. The van der Waals surface area contributed by atoms with E-state index in [-0.39, 0.29) is 0 Å². The van der Waals surface area contributed by atoms with Crippen LogP contribution in [0.25, 0.3) is 22.6 Å². The van der Waals surface area contributed by atoms with E-state index in [1.54, 1.807) is 0 Å². The number of aldehydes is 1. The smallest absolute Gasteiger partial charge is 0.226 e. The molecule has 0 unspecified atom stereocenters. The predicted octanol–water partition coefficient (Wildman–Crippen LogP) is 3.82. The zero-order valence-electron chi connectivity index (χ0n) is 10.1. The highest BCUT2D eigenvalue weighted by atomic mass is 16.3. The van der Waals surface area contributed by atoms with Gasteiger partial charge in [0.1, 0.15) is 12.0 Å². The standard InChI is InChI=1S/C16H11NO2/c18-10-15-11-19-16(17-15)14-8-6-13(7-9-14)12-4-2-1-3-5-12/h1-11H. The van der Waals surface area contributed by atoms with Gasteiger partial charge in [-0.3, -0.25) is 4.79 Å². The minimum Gasteiger partial charge on any atom is -0.444 e. The van der Waals surface area contributed by atoms with Crippen molar-refractivity contribution in [2.75, 3.05) is 0 Å². The molecule has 0 N–H and O–H groups in total. The molecular weight excluding hydrogens is 238 g/mol. The summed E-state index contributed by atoms with van der Waals surface area (Å²) in [5.74, 6) is 0.460. The Morgan fingerprint density at radius 1 is 0.842 bits per heavy atom. The Morgan fingerprint density at radius 3 is 2.11 bits per heavy atom. The Bertz CT molecular complexity index is 684. The van der Waals surface area contributed by atoms with E-state index in [9.17, 15) is 4.79 Å². The van der Waals surface area contributed by atoms with Gasteiger partial charge >= 0.3 is 0 Å². The molecule has 1 heterocycles. The molecule has 19 heavy (non-hydrogen) atoms. The lowest BCUT2D eigenvalue weighted by atomic mass is 10.0. The van der Waals surface area contributed by atoms with Gasteiger partial charge in [0.05, 0.1) is 0 Å². The lowest BCUT2D eigenvalue weighted by Gasteiger charge is -2.02. The second kappa shape index (κ2) is 4.90. The molecule has 0 spiro atoms. The van der Waals surface area contributed by atoms with Gasteiger partial charge < -0.3 is 4.42 Å². The molecule has 0 aliphatic rings. The van der Waals surface area contributed by atoms with Gasteiger partial charge in [-0.2, -0.15) is 0 Å². The highest BCUT2D eigenvalue weighted by Gasteiger charge is 2.06. The van der Waals surface area contributed by atoms with Gasteiger partial charge in [-0.15, -0.1) is 0 Å². The summed E-state index contributed by atoms with van der Waals surface area (Å²) in [5.41, 5.74) is 3.46. The van der Waals surface area contributed by atoms with Crippen molar-refractivity contribution in [3.63, 3.8) is 0 Å². The molecule has 0 aliphatic carbocycles. The van der Waals surface area contributed by atoms with E-state index in [1.807, 2.05) is 42.5 Å². The van der Waals surface area contributed by atoms with Gasteiger partial charge in [0.2, 0.25) is 5.89 Å². The van der Waals surface area contributed by atoms with Crippen molar-refractivity contribution in [3.8, 4) is 22.6 Å². The molecule has 92 valence electrons. The van der Waals surface area contributed by atoms with Crippen LogP contribution in [-0.4, -0.2) is 11.3 Å². The first-order valence-corrected chi connectivity index (χ1v) is 5.93. The molecule has 0 atom stereocenters. The summed E-state index contributed by atoms with van der Waals surface area (Å²) in [4.78, 5) is 14.6. The first-order valence-electron chi connectivity index (χ1n) is 5.93. The molecule has 3 rings (SSSR count). The topological polar surface area (TPSA) is 43.1 Å². The normalized spacial score (nSPS) is 10.3. The SMILES string of the molecule is O=Cc1coc(-c2ccc(-c3ccccc3)cc2)n1. The Balaban J connectivity index is 1.92. The molecule has 2 aromatic carbocycles. The van der Waals surface area contributed by atoms with Gasteiger partial charge in [-0.05, 0) is 23.3 Å². The van der Waals surface area contributed by atoms with Crippen molar-refractivity contribution >= 4 is 6.29 Å². The molecule has 0 saturated heterocycles. The van der Waals surface area contributed by atoms with E-state index in [2.05, 4.69) is 17.1 Å². The van der Waals surface area contributed by atoms with E-state index < -0.39 is 0 Å². The van der Waals surface area contributed by atoms with Crippen molar-refractivity contribution in [2.45, 2.75) is 0 Å². The van der Waals surface area contributed by atoms with Crippen molar-refractivity contribution < 1.29 is 9.21 Å². The van der Waals surface area contributed by atoms with Gasteiger partial charge in [0.25, 0.3) is 0 Å². The third-order valence-corrected chi connectivity index (χ3v) is 2.88. The van der Waals surface area contributed by atoms with Crippen LogP contribution in [0.5, 0.6) is 0 Å². The molecule has 0 saturated carbocycles. The van der Waals surface area contributed by atoms with Gasteiger partial charge in [0, 0.05) is 5.56 Å². The molecule has 3 nitrogen and oxygen atoms in total. The largest absolute Gasteiger partial charge is 0.444 e. The first kappa shape index (κ1) is 11.4. The molecule has 0 aliphatic heterocycles. The molecular formula is C16H11NO2. The summed E-state index contributed by atoms with van der Waals surface area (Å²) in [6.45, 7) is 0. The number of rotatable bonds is 3. The number of aromatic nitrogens is 1. The molecule has 0 radical (unpaired) electrons. The summed E-state index contributed by atoms with van der Waals surface area (Å²) in [6.07, 6.45) is 2.03. The fraction of sp³-hybridized carbons (Fsp3) is 0. The quantitative estimate of drug-likeness (QED) is 0.663.